The predicted molar refractivity (Wildman–Crippen MR) is 76.7 cm³/mol. The minimum Gasteiger partial charge on any atom is -0.378 e. The molecule has 19 heavy (non-hydrogen) atoms. The van der Waals surface area contributed by atoms with E-state index in [1.165, 1.54) is 0 Å². The van der Waals surface area contributed by atoms with Gasteiger partial charge in [0, 0.05) is 5.30 Å². The van der Waals surface area contributed by atoms with Crippen LogP contribution >= 0.6 is 7.37 Å². The van der Waals surface area contributed by atoms with E-state index in [1.54, 1.807) is 55.5 Å². The SMILES string of the molecule is CCO[P@@](=O)(c1ccccc1)[C@@H](O)c1ccccc1. The van der Waals surface area contributed by atoms with Crippen LogP contribution in [0.5, 0.6) is 0 Å². The van der Waals surface area contributed by atoms with Crippen molar-refractivity contribution in [3.05, 3.63) is 66.2 Å². The van der Waals surface area contributed by atoms with Crippen LogP contribution in [-0.4, -0.2) is 11.7 Å². The second kappa shape index (κ2) is 6.16. The van der Waals surface area contributed by atoms with Gasteiger partial charge in [-0.05, 0) is 24.6 Å². The molecule has 0 saturated heterocycles. The van der Waals surface area contributed by atoms with E-state index in [1.807, 2.05) is 12.1 Å². The first-order chi connectivity index (χ1) is 9.18. The van der Waals surface area contributed by atoms with E-state index in [9.17, 15) is 9.67 Å². The molecule has 0 amide bonds. The van der Waals surface area contributed by atoms with E-state index in [2.05, 4.69) is 0 Å². The van der Waals surface area contributed by atoms with Crippen molar-refractivity contribution < 1.29 is 14.2 Å². The first-order valence-corrected chi connectivity index (χ1v) is 7.90. The molecule has 0 aliphatic heterocycles. The van der Waals surface area contributed by atoms with Gasteiger partial charge in [0.15, 0.2) is 5.85 Å². The van der Waals surface area contributed by atoms with E-state index >= 15 is 0 Å². The van der Waals surface area contributed by atoms with E-state index < -0.39 is 13.2 Å². The van der Waals surface area contributed by atoms with Crippen molar-refractivity contribution in [2.45, 2.75) is 12.8 Å². The molecule has 2 aromatic rings. The van der Waals surface area contributed by atoms with Crippen LogP contribution in [0.3, 0.4) is 0 Å². The van der Waals surface area contributed by atoms with Gasteiger partial charge in [0.25, 0.3) is 7.37 Å². The Bertz CT molecular complexity index is 554. The van der Waals surface area contributed by atoms with Crippen molar-refractivity contribution in [3.8, 4) is 0 Å². The van der Waals surface area contributed by atoms with Gasteiger partial charge in [0.2, 0.25) is 0 Å². The summed E-state index contributed by atoms with van der Waals surface area (Å²) in [6, 6.07) is 17.8. The first-order valence-electron chi connectivity index (χ1n) is 6.21. The van der Waals surface area contributed by atoms with Crippen LogP contribution in [0.15, 0.2) is 60.7 Å². The summed E-state index contributed by atoms with van der Waals surface area (Å²) in [6.07, 6.45) is 0. The molecule has 3 nitrogen and oxygen atoms in total. The Morgan fingerprint density at radius 1 is 1.05 bits per heavy atom. The molecule has 0 radical (unpaired) electrons. The Balaban J connectivity index is 2.43. The van der Waals surface area contributed by atoms with Crippen molar-refractivity contribution >= 4 is 12.7 Å². The van der Waals surface area contributed by atoms with Crippen molar-refractivity contribution in [2.75, 3.05) is 6.61 Å². The lowest BCUT2D eigenvalue weighted by Crippen LogP contribution is -2.14. The monoisotopic (exact) mass is 276 g/mol. The van der Waals surface area contributed by atoms with Crippen molar-refractivity contribution in [1.29, 1.82) is 0 Å². The standard InChI is InChI=1S/C15H17O3P/c1-2-18-19(17,14-11-7-4-8-12-14)15(16)13-9-5-3-6-10-13/h3-12,15-16H,2H2,1H3/t15-,19+/m1/s1. The Morgan fingerprint density at radius 3 is 2.11 bits per heavy atom. The smallest absolute Gasteiger partial charge is 0.264 e. The molecular weight excluding hydrogens is 259 g/mol. The average Bonchev–Trinajstić information content (AvgIpc) is 2.48. The predicted octanol–water partition coefficient (Wildman–Crippen LogP) is 3.32. The Morgan fingerprint density at radius 2 is 1.58 bits per heavy atom. The van der Waals surface area contributed by atoms with Gasteiger partial charge in [0.1, 0.15) is 0 Å². The lowest BCUT2D eigenvalue weighted by molar-refractivity contribution is 0.218. The molecule has 0 aliphatic rings. The topological polar surface area (TPSA) is 46.5 Å². The molecule has 0 aliphatic carbocycles. The van der Waals surface area contributed by atoms with Gasteiger partial charge in [-0.2, -0.15) is 0 Å². The highest BCUT2D eigenvalue weighted by molar-refractivity contribution is 7.67. The highest BCUT2D eigenvalue weighted by atomic mass is 31.2. The molecule has 0 aromatic heterocycles. The van der Waals surface area contributed by atoms with Crippen LogP contribution in [0.2, 0.25) is 0 Å². The largest absolute Gasteiger partial charge is 0.378 e. The molecule has 2 atom stereocenters. The molecule has 2 aromatic carbocycles. The zero-order chi connectivity index (χ0) is 13.7. The fourth-order valence-corrected chi connectivity index (χ4v) is 4.04. The van der Waals surface area contributed by atoms with Gasteiger partial charge in [-0.25, -0.2) is 0 Å². The van der Waals surface area contributed by atoms with Crippen molar-refractivity contribution in [3.63, 3.8) is 0 Å². The number of aliphatic hydroxyl groups is 1. The summed E-state index contributed by atoms with van der Waals surface area (Å²) in [7, 11) is -3.33. The van der Waals surface area contributed by atoms with Crippen LogP contribution in [0.1, 0.15) is 18.3 Å². The Kier molecular flexibility index (Phi) is 4.54. The lowest BCUT2D eigenvalue weighted by atomic mass is 10.2. The maximum Gasteiger partial charge on any atom is 0.264 e. The molecule has 0 fully saturated rings. The Labute approximate surface area is 113 Å². The van der Waals surface area contributed by atoms with Crippen LogP contribution in [0.4, 0.5) is 0 Å². The second-order valence-corrected chi connectivity index (χ2v) is 6.59. The van der Waals surface area contributed by atoms with E-state index in [-0.39, 0.29) is 6.61 Å². The molecule has 1 N–H and O–H groups in total. The zero-order valence-electron chi connectivity index (χ0n) is 10.8. The molecule has 100 valence electrons. The van der Waals surface area contributed by atoms with Gasteiger partial charge in [-0.15, -0.1) is 0 Å². The second-order valence-electron chi connectivity index (χ2n) is 4.13. The summed E-state index contributed by atoms with van der Waals surface area (Å²) >= 11 is 0. The summed E-state index contributed by atoms with van der Waals surface area (Å²) in [5.41, 5.74) is 0.600. The number of hydrogen-bond acceptors (Lipinski definition) is 3. The summed E-state index contributed by atoms with van der Waals surface area (Å²) in [6.45, 7) is 2.06. The summed E-state index contributed by atoms with van der Waals surface area (Å²) in [5.74, 6) is -1.14. The van der Waals surface area contributed by atoms with E-state index in [4.69, 9.17) is 4.52 Å². The third kappa shape index (κ3) is 2.95. The van der Waals surface area contributed by atoms with Crippen molar-refractivity contribution in [1.82, 2.24) is 0 Å². The maximum atomic E-state index is 13.0. The first kappa shape index (κ1) is 14.0. The molecule has 0 saturated carbocycles. The number of aliphatic hydroxyl groups excluding tert-OH is 1. The Hall–Kier alpha value is -1.41. The third-order valence-corrected chi connectivity index (χ3v) is 5.46. The number of hydrogen-bond donors (Lipinski definition) is 1. The molecule has 0 heterocycles. The molecular formula is C15H17O3P. The molecule has 0 bridgehead atoms. The molecule has 2 rings (SSSR count). The van der Waals surface area contributed by atoms with Crippen molar-refractivity contribution in [2.24, 2.45) is 0 Å². The summed E-state index contributed by atoms with van der Waals surface area (Å²) in [5, 5.41) is 11.0. The van der Waals surface area contributed by atoms with Crippen LogP contribution in [0, 0.1) is 0 Å². The van der Waals surface area contributed by atoms with Gasteiger partial charge in [-0.1, -0.05) is 48.5 Å². The average molecular weight is 276 g/mol. The maximum absolute atomic E-state index is 13.0. The quantitative estimate of drug-likeness (QED) is 0.852. The minimum atomic E-state index is -3.33. The van der Waals surface area contributed by atoms with E-state index in [0.717, 1.165) is 0 Å². The van der Waals surface area contributed by atoms with Crippen LogP contribution in [-0.2, 0) is 9.09 Å². The molecule has 4 heteroatoms. The van der Waals surface area contributed by atoms with Crippen LogP contribution < -0.4 is 5.30 Å². The van der Waals surface area contributed by atoms with Gasteiger partial charge in [0.05, 0.1) is 6.61 Å². The third-order valence-electron chi connectivity index (χ3n) is 2.86. The lowest BCUT2D eigenvalue weighted by Gasteiger charge is -2.23. The van der Waals surface area contributed by atoms with E-state index in [0.29, 0.717) is 10.9 Å². The van der Waals surface area contributed by atoms with Crippen LogP contribution in [0.25, 0.3) is 0 Å². The highest BCUT2D eigenvalue weighted by Crippen LogP contribution is 2.57. The molecule has 0 unspecified atom stereocenters. The fourth-order valence-electron chi connectivity index (χ4n) is 1.94. The van der Waals surface area contributed by atoms with Gasteiger partial charge >= 0.3 is 0 Å². The minimum absolute atomic E-state index is 0.288. The fraction of sp³-hybridized carbons (Fsp3) is 0.200. The van der Waals surface area contributed by atoms with Gasteiger partial charge in [-0.3, -0.25) is 4.57 Å². The zero-order valence-corrected chi connectivity index (χ0v) is 11.7. The molecule has 0 spiro atoms. The summed E-state index contributed by atoms with van der Waals surface area (Å²) in [4.78, 5) is 0. The summed E-state index contributed by atoms with van der Waals surface area (Å²) < 4.78 is 18.5. The normalized spacial score (nSPS) is 15.7. The van der Waals surface area contributed by atoms with Gasteiger partial charge < -0.3 is 9.63 Å². The highest BCUT2D eigenvalue weighted by Gasteiger charge is 2.35. The number of rotatable bonds is 5. The number of benzene rings is 2.